The van der Waals surface area contributed by atoms with Gasteiger partial charge in [0, 0.05) is 24.6 Å². The molecule has 0 aliphatic heterocycles. The van der Waals surface area contributed by atoms with Gasteiger partial charge in [-0.25, -0.2) is 13.9 Å². The number of ketones is 1. The number of aromatic nitrogens is 3. The van der Waals surface area contributed by atoms with Crippen molar-refractivity contribution < 1.29 is 18.8 Å². The number of halogens is 1. The number of Topliss-reactive ketones (excluding diaryl/α,β-unsaturated/α-hetero) is 1. The lowest BCUT2D eigenvalue weighted by atomic mass is 9.96. The van der Waals surface area contributed by atoms with Crippen LogP contribution >= 0.6 is 0 Å². The maximum atomic E-state index is 14.6. The molecule has 1 aliphatic carbocycles. The number of nitrogens with two attached hydrogens (primary N) is 1. The van der Waals surface area contributed by atoms with Gasteiger partial charge in [0.2, 0.25) is 6.19 Å². The summed E-state index contributed by atoms with van der Waals surface area (Å²) in [6.45, 7) is 3.55. The van der Waals surface area contributed by atoms with Gasteiger partial charge in [0.1, 0.15) is 17.2 Å². The number of amidine groups is 1. The normalized spacial score (nSPS) is 14.3. The Balaban J connectivity index is 1.36. The Hall–Kier alpha value is -5.44. The maximum Gasteiger partial charge on any atom is 0.270 e. The van der Waals surface area contributed by atoms with Crippen molar-refractivity contribution >= 4 is 29.1 Å². The summed E-state index contributed by atoms with van der Waals surface area (Å²) in [5, 5.41) is 18.3. The minimum Gasteiger partial charge on any atom is -0.386 e. The van der Waals surface area contributed by atoms with Crippen LogP contribution in [0.4, 0.5) is 4.39 Å². The zero-order valence-corrected chi connectivity index (χ0v) is 22.9. The fraction of sp³-hybridized carbons (Fsp3) is 0.233. The van der Waals surface area contributed by atoms with Crippen LogP contribution in [-0.2, 0) is 19.4 Å². The van der Waals surface area contributed by atoms with Gasteiger partial charge >= 0.3 is 0 Å². The fourth-order valence-corrected chi connectivity index (χ4v) is 5.29. The number of carbonyl (C=O) groups is 3. The van der Waals surface area contributed by atoms with Crippen molar-refractivity contribution in [2.24, 2.45) is 10.7 Å². The number of hydrogen-bond acceptors (Lipinski definition) is 7. The van der Waals surface area contributed by atoms with E-state index in [1.54, 1.807) is 24.4 Å². The van der Waals surface area contributed by atoms with E-state index in [4.69, 9.17) is 11.0 Å². The molecule has 0 spiro atoms. The van der Waals surface area contributed by atoms with Crippen LogP contribution in [0.25, 0.3) is 5.65 Å². The van der Waals surface area contributed by atoms with Gasteiger partial charge < -0.3 is 16.4 Å². The molecule has 2 aromatic carbocycles. The zero-order chi connectivity index (χ0) is 30.0. The van der Waals surface area contributed by atoms with Crippen LogP contribution in [0.2, 0.25) is 0 Å². The molecule has 2 amide bonds. The molecule has 4 N–H and O–H groups in total. The lowest BCUT2D eigenvalue weighted by molar-refractivity contribution is 0.0927. The van der Waals surface area contributed by atoms with Crippen LogP contribution in [-0.4, -0.2) is 38.0 Å². The summed E-state index contributed by atoms with van der Waals surface area (Å²) in [7, 11) is 0. The first kappa shape index (κ1) is 28.1. The number of amides is 2. The Kier molecular flexibility index (Phi) is 7.75. The first-order chi connectivity index (χ1) is 20.2. The molecule has 2 heterocycles. The number of hydrogen-bond donors (Lipinski definition) is 3. The molecular formula is C30H27FN8O3. The molecule has 42 heavy (non-hydrogen) atoms. The maximum absolute atomic E-state index is 14.6. The van der Waals surface area contributed by atoms with E-state index in [-0.39, 0.29) is 47.7 Å². The van der Waals surface area contributed by atoms with E-state index in [0.717, 1.165) is 38.5 Å². The molecule has 0 saturated carbocycles. The van der Waals surface area contributed by atoms with E-state index in [9.17, 15) is 18.8 Å². The summed E-state index contributed by atoms with van der Waals surface area (Å²) in [6, 6.07) is 11.8. The van der Waals surface area contributed by atoms with Crippen molar-refractivity contribution in [3.8, 4) is 6.19 Å². The summed E-state index contributed by atoms with van der Waals surface area (Å²) in [5.74, 6) is -1.78. The highest BCUT2D eigenvalue weighted by Crippen LogP contribution is 2.35. The van der Waals surface area contributed by atoms with Gasteiger partial charge in [-0.3, -0.25) is 14.4 Å². The lowest BCUT2D eigenvalue weighted by Crippen LogP contribution is -2.30. The monoisotopic (exact) mass is 566 g/mol. The van der Waals surface area contributed by atoms with Crippen LogP contribution in [0.15, 0.2) is 53.7 Å². The van der Waals surface area contributed by atoms with Crippen molar-refractivity contribution in [3.63, 3.8) is 0 Å². The lowest BCUT2D eigenvalue weighted by Gasteiger charge is -2.16. The summed E-state index contributed by atoms with van der Waals surface area (Å²) < 4.78 is 15.6. The largest absolute Gasteiger partial charge is 0.386 e. The van der Waals surface area contributed by atoms with Gasteiger partial charge in [0.05, 0.1) is 12.2 Å². The van der Waals surface area contributed by atoms with Crippen LogP contribution in [0.5, 0.6) is 0 Å². The van der Waals surface area contributed by atoms with Gasteiger partial charge in [0.25, 0.3) is 11.8 Å². The van der Waals surface area contributed by atoms with E-state index in [2.05, 4.69) is 25.7 Å². The van der Waals surface area contributed by atoms with Crippen LogP contribution in [0, 0.1) is 24.2 Å². The molecule has 2 aromatic heterocycles. The Morgan fingerprint density at radius 2 is 1.98 bits per heavy atom. The number of nitriles is 1. The minimum atomic E-state index is -0.776. The van der Waals surface area contributed by atoms with Gasteiger partial charge in [-0.1, -0.05) is 36.4 Å². The van der Waals surface area contributed by atoms with Crippen molar-refractivity contribution in [2.75, 3.05) is 0 Å². The SMILES string of the molecule is CC(=O)c1ccc2c(c1C)CC[C@@H]2NC(=O)c1cc(C(=O)NCc2cccc(CC(N)=NC#N)c2)nc2c(F)cnn12. The second kappa shape index (κ2) is 11.6. The van der Waals surface area contributed by atoms with Crippen molar-refractivity contribution in [2.45, 2.75) is 45.7 Å². The first-order valence-corrected chi connectivity index (χ1v) is 13.2. The molecule has 12 heteroatoms. The Morgan fingerprint density at radius 1 is 1.19 bits per heavy atom. The van der Waals surface area contributed by atoms with Gasteiger partial charge in [-0.15, -0.1) is 0 Å². The van der Waals surface area contributed by atoms with Gasteiger partial charge in [-0.2, -0.15) is 15.4 Å². The van der Waals surface area contributed by atoms with E-state index in [1.807, 2.05) is 25.1 Å². The Labute approximate surface area is 240 Å². The van der Waals surface area contributed by atoms with E-state index in [1.165, 1.54) is 13.0 Å². The molecule has 0 fully saturated rings. The third kappa shape index (κ3) is 5.57. The quantitative estimate of drug-likeness (QED) is 0.127. The number of benzene rings is 2. The van der Waals surface area contributed by atoms with Crippen LogP contribution in [0.3, 0.4) is 0 Å². The summed E-state index contributed by atoms with van der Waals surface area (Å²) in [5.41, 5.74) is 10.3. The molecule has 1 aliphatic rings. The molecule has 0 unspecified atom stereocenters. The minimum absolute atomic E-state index is 0.0177. The zero-order valence-electron chi connectivity index (χ0n) is 22.9. The average molecular weight is 567 g/mol. The molecule has 212 valence electrons. The summed E-state index contributed by atoms with van der Waals surface area (Å²) in [4.78, 5) is 46.1. The molecule has 5 rings (SSSR count). The number of nitrogens with one attached hydrogen (secondary N) is 2. The van der Waals surface area contributed by atoms with Gasteiger partial charge in [-0.05, 0) is 54.5 Å². The van der Waals surface area contributed by atoms with Gasteiger partial charge in [0.15, 0.2) is 17.2 Å². The highest BCUT2D eigenvalue weighted by atomic mass is 19.1. The van der Waals surface area contributed by atoms with Crippen molar-refractivity contribution in [1.29, 1.82) is 5.26 Å². The number of nitrogens with zero attached hydrogens (tertiary/aromatic N) is 5. The molecule has 0 saturated heterocycles. The molecule has 1 atom stereocenters. The summed E-state index contributed by atoms with van der Waals surface area (Å²) in [6.07, 6.45) is 4.18. The van der Waals surface area contributed by atoms with Crippen LogP contribution in [0.1, 0.15) is 78.5 Å². The second-order valence-corrected chi connectivity index (χ2v) is 10.1. The predicted molar refractivity (Wildman–Crippen MR) is 151 cm³/mol. The molecular weight excluding hydrogens is 539 g/mol. The smallest absolute Gasteiger partial charge is 0.270 e. The topological polar surface area (TPSA) is 168 Å². The second-order valence-electron chi connectivity index (χ2n) is 10.1. The Bertz CT molecular complexity index is 1820. The molecule has 11 nitrogen and oxygen atoms in total. The average Bonchev–Trinajstić information content (AvgIpc) is 3.55. The van der Waals surface area contributed by atoms with Crippen LogP contribution < -0.4 is 16.4 Å². The molecule has 0 bridgehead atoms. The number of rotatable bonds is 8. The first-order valence-electron chi connectivity index (χ1n) is 13.2. The standard InChI is InChI=1S/C30H27FN8O3/c1-16-20(17(2)40)6-7-22-21(16)8-9-24(22)38-30(42)26-12-25(37-28-23(31)14-36-39(26)28)29(41)34-13-19-5-3-4-18(10-19)11-27(33)35-15-32/h3-7,10,12,14,24H,8-9,11,13H2,1-2H3,(H2,33,35)(H,34,41)(H,38,42)/t24-/m0/s1. The fourth-order valence-electron chi connectivity index (χ4n) is 5.29. The van der Waals surface area contributed by atoms with Crippen molar-refractivity contribution in [1.82, 2.24) is 25.2 Å². The molecule has 0 radical (unpaired) electrons. The van der Waals surface area contributed by atoms with E-state index < -0.39 is 17.6 Å². The van der Waals surface area contributed by atoms with E-state index in [0.29, 0.717) is 18.4 Å². The third-order valence-electron chi connectivity index (χ3n) is 7.30. The highest BCUT2D eigenvalue weighted by Gasteiger charge is 2.29. The molecule has 4 aromatic rings. The number of fused-ring (bicyclic) bond motifs is 2. The number of aliphatic imine (C=N–C) groups is 1. The highest BCUT2D eigenvalue weighted by molar-refractivity contribution is 5.99. The van der Waals surface area contributed by atoms with Crippen molar-refractivity contribution in [3.05, 3.63) is 99.2 Å². The Morgan fingerprint density at radius 3 is 2.74 bits per heavy atom. The summed E-state index contributed by atoms with van der Waals surface area (Å²) >= 11 is 0. The van der Waals surface area contributed by atoms with E-state index >= 15 is 0 Å². The predicted octanol–water partition coefficient (Wildman–Crippen LogP) is 3.11. The third-order valence-corrected chi connectivity index (χ3v) is 7.30. The number of carbonyl (C=O) groups excluding carboxylic acids is 3.